The van der Waals surface area contributed by atoms with Gasteiger partial charge < -0.3 is 33.2 Å². The molecule has 1 aromatic rings. The number of carbonyl (C=O) groups is 1. The first-order valence-corrected chi connectivity index (χ1v) is 14.5. The van der Waals surface area contributed by atoms with Crippen LogP contribution in [0.3, 0.4) is 0 Å². The van der Waals surface area contributed by atoms with E-state index in [0.29, 0.717) is 13.2 Å². The van der Waals surface area contributed by atoms with Crippen molar-refractivity contribution in [3.63, 3.8) is 0 Å². The number of nitrogens with zero attached hydrogens (tertiary/aromatic N) is 1. The molecule has 0 saturated carbocycles. The lowest BCUT2D eigenvalue weighted by molar-refractivity contribution is -0.258. The number of rotatable bonds is 15. The highest BCUT2D eigenvalue weighted by Gasteiger charge is 2.49. The van der Waals surface area contributed by atoms with Gasteiger partial charge in [0.2, 0.25) is 0 Å². The van der Waals surface area contributed by atoms with Crippen molar-refractivity contribution in [2.45, 2.75) is 102 Å². The van der Waals surface area contributed by atoms with Crippen LogP contribution in [-0.4, -0.2) is 81.9 Å². The Morgan fingerprint density at radius 3 is 2.25 bits per heavy atom. The third-order valence-electron chi connectivity index (χ3n) is 6.95. The van der Waals surface area contributed by atoms with Crippen molar-refractivity contribution in [2.75, 3.05) is 41.0 Å². The van der Waals surface area contributed by atoms with Gasteiger partial charge in [-0.15, -0.1) is 0 Å². The molecule has 0 radical (unpaired) electrons. The summed E-state index contributed by atoms with van der Waals surface area (Å²) < 4.78 is 41.5. The minimum atomic E-state index is -0.643. The van der Waals surface area contributed by atoms with Crippen LogP contribution in [0.25, 0.3) is 0 Å². The summed E-state index contributed by atoms with van der Waals surface area (Å²) in [5, 5.41) is 0. The van der Waals surface area contributed by atoms with Gasteiger partial charge in [0.1, 0.15) is 37.5 Å². The van der Waals surface area contributed by atoms with Gasteiger partial charge in [-0.25, -0.2) is 4.79 Å². The molecule has 1 aromatic carbocycles. The lowest BCUT2D eigenvalue weighted by atomic mass is 9.86. The topological polar surface area (TPSA) is 84.9 Å². The van der Waals surface area contributed by atoms with Crippen molar-refractivity contribution in [3.05, 3.63) is 47.5 Å². The highest BCUT2D eigenvalue weighted by atomic mass is 16.7. The minimum Gasteiger partial charge on any atom is -0.444 e. The number of hydrogen-bond donors (Lipinski definition) is 0. The summed E-state index contributed by atoms with van der Waals surface area (Å²) in [6, 6.07) is 9.33. The maximum absolute atomic E-state index is 13.6. The zero-order valence-electron chi connectivity index (χ0n) is 25.1. The Bertz CT molecular complexity index is 902. The van der Waals surface area contributed by atoms with E-state index in [2.05, 4.69) is 6.92 Å². The fourth-order valence-electron chi connectivity index (χ4n) is 5.09. The van der Waals surface area contributed by atoms with E-state index in [9.17, 15) is 4.79 Å². The predicted octanol–water partition coefficient (Wildman–Crippen LogP) is 5.99. The molecule has 1 saturated heterocycles. The van der Waals surface area contributed by atoms with E-state index < -0.39 is 42.3 Å². The number of hydrogen-bond acceptors (Lipinski definition) is 8. The summed E-state index contributed by atoms with van der Waals surface area (Å²) in [7, 11) is 3.15. The van der Waals surface area contributed by atoms with Gasteiger partial charge in [0.05, 0.1) is 12.6 Å². The van der Waals surface area contributed by atoms with Crippen molar-refractivity contribution >= 4 is 6.09 Å². The van der Waals surface area contributed by atoms with Gasteiger partial charge in [0, 0.05) is 26.3 Å². The van der Waals surface area contributed by atoms with Crippen LogP contribution in [-0.2, 0) is 33.2 Å². The van der Waals surface area contributed by atoms with E-state index in [0.717, 1.165) is 30.4 Å². The third kappa shape index (κ3) is 9.53. The van der Waals surface area contributed by atoms with Gasteiger partial charge in [0.25, 0.3) is 0 Å². The lowest BCUT2D eigenvalue weighted by Crippen LogP contribution is -2.60. The van der Waals surface area contributed by atoms with Gasteiger partial charge >= 0.3 is 6.09 Å². The van der Waals surface area contributed by atoms with Crippen molar-refractivity contribution < 1.29 is 38.0 Å². The molecule has 9 heteroatoms. The lowest BCUT2D eigenvalue weighted by Gasteiger charge is -2.47. The van der Waals surface area contributed by atoms with Crippen LogP contribution in [0.1, 0.15) is 78.1 Å². The normalized spacial score (nSPS) is 24.8. The maximum atomic E-state index is 13.6. The molecule has 1 aliphatic carbocycles. The molecule has 1 fully saturated rings. The Morgan fingerprint density at radius 2 is 1.60 bits per heavy atom. The molecule has 0 N–H and O–H groups in total. The highest BCUT2D eigenvalue weighted by Crippen LogP contribution is 2.38. The number of unbranched alkanes of at least 4 members (excludes halogenated alkanes) is 5. The Hall–Kier alpha value is -2.01. The standard InChI is InChI=1S/C31H49NO8/c1-7-8-9-10-11-15-18-32(30(33)40-31(2,3)4)25-19-24-20-36-29(23-16-13-12-14-17-23)39-26(24)28(38-22-35-6)27(25)37-21-34-5/h12-14,16-17,19,25-29H,7-11,15,18,20-22H2,1-6H3/t25-,26+,27?,28?,29?/m1/s1. The molecule has 1 aliphatic heterocycles. The van der Waals surface area contributed by atoms with Gasteiger partial charge in [-0.1, -0.05) is 75.4 Å². The molecule has 5 atom stereocenters. The summed E-state index contributed by atoms with van der Waals surface area (Å²) in [4.78, 5) is 15.4. The largest absolute Gasteiger partial charge is 0.444 e. The molecule has 0 spiro atoms. The van der Waals surface area contributed by atoms with Crippen LogP contribution in [0.5, 0.6) is 0 Å². The zero-order chi connectivity index (χ0) is 29.0. The first kappa shape index (κ1) is 32.5. The Morgan fingerprint density at radius 1 is 0.950 bits per heavy atom. The molecule has 3 rings (SSSR count). The van der Waals surface area contributed by atoms with E-state index in [-0.39, 0.29) is 13.6 Å². The van der Waals surface area contributed by atoms with E-state index >= 15 is 0 Å². The molecule has 1 amide bonds. The van der Waals surface area contributed by atoms with E-state index in [4.69, 9.17) is 33.2 Å². The van der Waals surface area contributed by atoms with E-state index in [1.165, 1.54) is 19.3 Å². The number of carbonyl (C=O) groups excluding carboxylic acids is 1. The van der Waals surface area contributed by atoms with E-state index in [1.807, 2.05) is 57.2 Å². The van der Waals surface area contributed by atoms with Crippen LogP contribution in [0.2, 0.25) is 0 Å². The van der Waals surface area contributed by atoms with Crippen LogP contribution >= 0.6 is 0 Å². The third-order valence-corrected chi connectivity index (χ3v) is 6.95. The summed E-state index contributed by atoms with van der Waals surface area (Å²) in [5.41, 5.74) is 1.17. The zero-order valence-corrected chi connectivity index (χ0v) is 25.1. The van der Waals surface area contributed by atoms with Crippen LogP contribution in [0.4, 0.5) is 4.79 Å². The number of ether oxygens (including phenoxy) is 7. The summed E-state index contributed by atoms with van der Waals surface area (Å²) in [5.74, 6) is 0. The molecule has 9 nitrogen and oxygen atoms in total. The SMILES string of the molecule is CCCCCCCCN(C(=O)OC(C)(C)C)[C@@H]1C=C2COC(c3ccccc3)O[C@@H]2C(OCOC)C1OCOC. The molecular weight excluding hydrogens is 514 g/mol. The van der Waals surface area contributed by atoms with E-state index in [1.54, 1.807) is 19.1 Å². The Kier molecular flexibility index (Phi) is 13.4. The second-order valence-corrected chi connectivity index (χ2v) is 11.4. The first-order chi connectivity index (χ1) is 19.3. The summed E-state index contributed by atoms with van der Waals surface area (Å²) in [6.45, 7) is 8.76. The quantitative estimate of drug-likeness (QED) is 0.146. The van der Waals surface area contributed by atoms with Gasteiger partial charge in [-0.05, 0) is 32.8 Å². The number of amides is 1. The van der Waals surface area contributed by atoms with Gasteiger partial charge in [-0.2, -0.15) is 0 Å². The highest BCUT2D eigenvalue weighted by molar-refractivity contribution is 5.69. The first-order valence-electron chi connectivity index (χ1n) is 14.5. The Labute approximate surface area is 240 Å². The molecule has 1 heterocycles. The second-order valence-electron chi connectivity index (χ2n) is 11.4. The van der Waals surface area contributed by atoms with Gasteiger partial charge in [0.15, 0.2) is 6.29 Å². The molecule has 3 unspecified atom stereocenters. The molecule has 0 bridgehead atoms. The predicted molar refractivity (Wildman–Crippen MR) is 152 cm³/mol. The van der Waals surface area contributed by atoms with Crippen LogP contribution in [0.15, 0.2) is 42.0 Å². The van der Waals surface area contributed by atoms with Crippen molar-refractivity contribution in [1.82, 2.24) is 4.90 Å². The molecular formula is C31H49NO8. The second kappa shape index (κ2) is 16.4. The monoisotopic (exact) mass is 563 g/mol. The molecule has 0 aromatic heterocycles. The van der Waals surface area contributed by atoms with Crippen molar-refractivity contribution in [1.29, 1.82) is 0 Å². The average Bonchev–Trinajstić information content (AvgIpc) is 2.93. The molecule has 40 heavy (non-hydrogen) atoms. The fraction of sp³-hybridized carbons (Fsp3) is 0.710. The Balaban J connectivity index is 1.92. The van der Waals surface area contributed by atoms with Crippen LogP contribution < -0.4 is 0 Å². The van der Waals surface area contributed by atoms with Crippen molar-refractivity contribution in [3.8, 4) is 0 Å². The number of fused-ring (bicyclic) bond motifs is 1. The average molecular weight is 564 g/mol. The van der Waals surface area contributed by atoms with Crippen LogP contribution in [0, 0.1) is 0 Å². The minimum absolute atomic E-state index is 0.0295. The molecule has 226 valence electrons. The summed E-state index contributed by atoms with van der Waals surface area (Å²) >= 11 is 0. The smallest absolute Gasteiger partial charge is 0.410 e. The number of methoxy groups -OCH3 is 2. The fourth-order valence-corrected chi connectivity index (χ4v) is 5.09. The molecule has 2 aliphatic rings. The van der Waals surface area contributed by atoms with Crippen molar-refractivity contribution in [2.24, 2.45) is 0 Å². The maximum Gasteiger partial charge on any atom is 0.410 e. The number of benzene rings is 1. The van der Waals surface area contributed by atoms with Gasteiger partial charge in [-0.3, -0.25) is 4.90 Å². The summed E-state index contributed by atoms with van der Waals surface area (Å²) in [6.07, 6.45) is 6.09.